The second-order valence-electron chi connectivity index (χ2n) is 4.60. The third kappa shape index (κ3) is 3.44. The van der Waals surface area contributed by atoms with Gasteiger partial charge in [0.15, 0.2) is 0 Å². The highest BCUT2D eigenvalue weighted by atomic mass is 79.9. The van der Waals surface area contributed by atoms with Gasteiger partial charge in [0.25, 0.3) is 5.91 Å². The quantitative estimate of drug-likeness (QED) is 0.911. The number of halogens is 1. The molecule has 98 valence electrons. The lowest BCUT2D eigenvalue weighted by Gasteiger charge is -2.08. The fourth-order valence-electron chi connectivity index (χ4n) is 1.81. The van der Waals surface area contributed by atoms with Crippen molar-refractivity contribution < 1.29 is 4.79 Å². The second kappa shape index (κ2) is 6.02. The minimum atomic E-state index is -0.0591. The number of carbonyl (C=O) groups excluding carboxylic acids is 1. The number of hydrogen-bond donors (Lipinski definition) is 1. The van der Waals surface area contributed by atoms with Gasteiger partial charge in [-0.05, 0) is 47.0 Å². The standard InChI is InChI=1S/C16H16BrNO/c1-11-6-8-13(9-7-11)10-18-16(19)14-5-3-4-12(2)15(14)17/h3-9H,10H2,1-2H3,(H,18,19). The maximum Gasteiger partial charge on any atom is 0.252 e. The molecule has 2 aromatic rings. The minimum Gasteiger partial charge on any atom is -0.348 e. The average molecular weight is 318 g/mol. The molecule has 2 aromatic carbocycles. The molecule has 3 heteroatoms. The number of carbonyl (C=O) groups is 1. The van der Waals surface area contributed by atoms with Crippen molar-refractivity contribution in [2.45, 2.75) is 20.4 Å². The highest BCUT2D eigenvalue weighted by molar-refractivity contribution is 9.10. The number of rotatable bonds is 3. The average Bonchev–Trinajstić information content (AvgIpc) is 2.41. The van der Waals surface area contributed by atoms with Gasteiger partial charge >= 0.3 is 0 Å². The van der Waals surface area contributed by atoms with Gasteiger partial charge in [-0.25, -0.2) is 0 Å². The van der Waals surface area contributed by atoms with Crippen LogP contribution in [0.1, 0.15) is 27.0 Å². The van der Waals surface area contributed by atoms with Crippen LogP contribution in [0.25, 0.3) is 0 Å². The van der Waals surface area contributed by atoms with E-state index in [0.29, 0.717) is 12.1 Å². The highest BCUT2D eigenvalue weighted by Crippen LogP contribution is 2.20. The fraction of sp³-hybridized carbons (Fsp3) is 0.188. The maximum absolute atomic E-state index is 12.1. The van der Waals surface area contributed by atoms with Crippen LogP contribution in [0.5, 0.6) is 0 Å². The summed E-state index contributed by atoms with van der Waals surface area (Å²) >= 11 is 3.46. The van der Waals surface area contributed by atoms with Gasteiger partial charge in [-0.3, -0.25) is 4.79 Å². The zero-order chi connectivity index (χ0) is 13.8. The SMILES string of the molecule is Cc1ccc(CNC(=O)c2cccc(C)c2Br)cc1. The number of amides is 1. The molecular formula is C16H16BrNO. The number of nitrogens with one attached hydrogen (secondary N) is 1. The van der Waals surface area contributed by atoms with E-state index in [4.69, 9.17) is 0 Å². The molecule has 0 atom stereocenters. The monoisotopic (exact) mass is 317 g/mol. The first-order valence-electron chi connectivity index (χ1n) is 6.17. The highest BCUT2D eigenvalue weighted by Gasteiger charge is 2.10. The third-order valence-electron chi connectivity index (χ3n) is 3.01. The van der Waals surface area contributed by atoms with E-state index in [-0.39, 0.29) is 5.91 Å². The Hall–Kier alpha value is -1.61. The maximum atomic E-state index is 12.1. The minimum absolute atomic E-state index is 0.0591. The Morgan fingerprint density at radius 2 is 1.79 bits per heavy atom. The molecule has 2 nitrogen and oxygen atoms in total. The predicted molar refractivity (Wildman–Crippen MR) is 81.2 cm³/mol. The van der Waals surface area contributed by atoms with Crippen molar-refractivity contribution >= 4 is 21.8 Å². The van der Waals surface area contributed by atoms with Crippen molar-refractivity contribution in [1.29, 1.82) is 0 Å². The van der Waals surface area contributed by atoms with Crippen molar-refractivity contribution in [2.75, 3.05) is 0 Å². The Morgan fingerprint density at radius 3 is 2.47 bits per heavy atom. The van der Waals surface area contributed by atoms with Crippen LogP contribution in [0.15, 0.2) is 46.9 Å². The van der Waals surface area contributed by atoms with E-state index < -0.39 is 0 Å². The van der Waals surface area contributed by atoms with Gasteiger partial charge in [0.2, 0.25) is 0 Å². The Balaban J connectivity index is 2.05. The van der Waals surface area contributed by atoms with Crippen molar-refractivity contribution in [2.24, 2.45) is 0 Å². The van der Waals surface area contributed by atoms with E-state index in [9.17, 15) is 4.79 Å². The van der Waals surface area contributed by atoms with Gasteiger partial charge in [-0.15, -0.1) is 0 Å². The van der Waals surface area contributed by atoms with Gasteiger partial charge < -0.3 is 5.32 Å². The van der Waals surface area contributed by atoms with Crippen LogP contribution in [-0.2, 0) is 6.54 Å². The normalized spacial score (nSPS) is 10.3. The van der Waals surface area contributed by atoms with E-state index in [0.717, 1.165) is 15.6 Å². The first-order chi connectivity index (χ1) is 9.08. The Bertz CT molecular complexity index is 590. The first kappa shape index (κ1) is 13.8. The molecule has 0 heterocycles. The summed E-state index contributed by atoms with van der Waals surface area (Å²) in [4.78, 5) is 12.1. The van der Waals surface area contributed by atoms with E-state index in [1.54, 1.807) is 0 Å². The van der Waals surface area contributed by atoms with Crippen LogP contribution < -0.4 is 5.32 Å². The summed E-state index contributed by atoms with van der Waals surface area (Å²) in [6, 6.07) is 13.8. The molecule has 0 aliphatic carbocycles. The van der Waals surface area contributed by atoms with Gasteiger partial charge in [0, 0.05) is 11.0 Å². The van der Waals surface area contributed by atoms with Gasteiger partial charge in [-0.1, -0.05) is 42.0 Å². The van der Waals surface area contributed by atoms with Crippen LogP contribution in [0.3, 0.4) is 0 Å². The zero-order valence-electron chi connectivity index (χ0n) is 11.0. The van der Waals surface area contributed by atoms with Crippen LogP contribution in [0.4, 0.5) is 0 Å². The Morgan fingerprint density at radius 1 is 1.11 bits per heavy atom. The molecule has 19 heavy (non-hydrogen) atoms. The molecule has 1 amide bonds. The van der Waals surface area contributed by atoms with Crippen molar-refractivity contribution in [3.8, 4) is 0 Å². The number of aryl methyl sites for hydroxylation is 2. The lowest BCUT2D eigenvalue weighted by molar-refractivity contribution is 0.0950. The predicted octanol–water partition coefficient (Wildman–Crippen LogP) is 4.00. The second-order valence-corrected chi connectivity index (χ2v) is 5.40. The summed E-state index contributed by atoms with van der Waals surface area (Å²) in [6.45, 7) is 4.56. The first-order valence-corrected chi connectivity index (χ1v) is 6.96. The van der Waals surface area contributed by atoms with E-state index in [1.807, 2.05) is 56.3 Å². The van der Waals surface area contributed by atoms with Gasteiger partial charge in [0.1, 0.15) is 0 Å². The number of hydrogen-bond acceptors (Lipinski definition) is 1. The summed E-state index contributed by atoms with van der Waals surface area (Å²) in [5.74, 6) is -0.0591. The topological polar surface area (TPSA) is 29.1 Å². The summed E-state index contributed by atoms with van der Waals surface area (Å²) in [5, 5.41) is 2.93. The molecule has 2 rings (SSSR count). The van der Waals surface area contributed by atoms with E-state index in [2.05, 4.69) is 21.2 Å². The molecule has 0 aliphatic heterocycles. The molecule has 0 radical (unpaired) electrons. The van der Waals surface area contributed by atoms with Crippen molar-refractivity contribution in [3.05, 3.63) is 69.2 Å². The molecule has 0 unspecified atom stereocenters. The molecule has 0 aromatic heterocycles. The van der Waals surface area contributed by atoms with E-state index in [1.165, 1.54) is 5.56 Å². The summed E-state index contributed by atoms with van der Waals surface area (Å²) < 4.78 is 0.858. The molecule has 0 aliphatic rings. The fourth-order valence-corrected chi connectivity index (χ4v) is 2.25. The molecule has 0 saturated carbocycles. The van der Waals surface area contributed by atoms with Crippen LogP contribution in [-0.4, -0.2) is 5.91 Å². The lowest BCUT2D eigenvalue weighted by Crippen LogP contribution is -2.23. The van der Waals surface area contributed by atoms with Crippen molar-refractivity contribution in [3.63, 3.8) is 0 Å². The lowest BCUT2D eigenvalue weighted by atomic mass is 10.1. The van der Waals surface area contributed by atoms with E-state index >= 15 is 0 Å². The van der Waals surface area contributed by atoms with Crippen LogP contribution >= 0.6 is 15.9 Å². The van der Waals surface area contributed by atoms with Crippen LogP contribution in [0.2, 0.25) is 0 Å². The molecule has 0 fully saturated rings. The van der Waals surface area contributed by atoms with Gasteiger partial charge in [-0.2, -0.15) is 0 Å². The molecule has 0 spiro atoms. The smallest absolute Gasteiger partial charge is 0.252 e. The molecule has 0 saturated heterocycles. The zero-order valence-corrected chi connectivity index (χ0v) is 12.6. The van der Waals surface area contributed by atoms with Gasteiger partial charge in [0.05, 0.1) is 5.56 Å². The Kier molecular flexibility index (Phi) is 4.38. The number of benzene rings is 2. The largest absolute Gasteiger partial charge is 0.348 e. The summed E-state index contributed by atoms with van der Waals surface area (Å²) in [6.07, 6.45) is 0. The van der Waals surface area contributed by atoms with Crippen LogP contribution in [0, 0.1) is 13.8 Å². The third-order valence-corrected chi connectivity index (χ3v) is 4.06. The molecule has 1 N–H and O–H groups in total. The molecule has 0 bridgehead atoms. The molecular weight excluding hydrogens is 302 g/mol. The summed E-state index contributed by atoms with van der Waals surface area (Å²) in [7, 11) is 0. The Labute approximate surface area is 122 Å². The van der Waals surface area contributed by atoms with Crippen molar-refractivity contribution in [1.82, 2.24) is 5.32 Å². The summed E-state index contributed by atoms with van der Waals surface area (Å²) in [5.41, 5.74) is 4.05.